The van der Waals surface area contributed by atoms with Crippen LogP contribution in [0.5, 0.6) is 5.75 Å². The van der Waals surface area contributed by atoms with E-state index < -0.39 is 12.0 Å². The minimum absolute atomic E-state index is 0.220. The van der Waals surface area contributed by atoms with Crippen LogP contribution in [0, 0.1) is 0 Å². The van der Waals surface area contributed by atoms with Crippen molar-refractivity contribution in [3.05, 3.63) is 29.8 Å². The van der Waals surface area contributed by atoms with Gasteiger partial charge in [0, 0.05) is 11.6 Å². The maximum absolute atomic E-state index is 12.5. The molecule has 0 heterocycles. The third-order valence-corrected chi connectivity index (χ3v) is 3.92. The molecule has 2 rings (SSSR count). The Kier molecular flexibility index (Phi) is 4.78. The number of alkyl halides is 3. The molecule has 6 heteroatoms. The highest BCUT2D eigenvalue weighted by molar-refractivity contribution is 5.38. The summed E-state index contributed by atoms with van der Waals surface area (Å²) in [6, 6.07) is 6.16. The highest BCUT2D eigenvalue weighted by atomic mass is 19.4. The lowest BCUT2D eigenvalue weighted by Crippen LogP contribution is -2.40. The van der Waals surface area contributed by atoms with Crippen LogP contribution >= 0.6 is 0 Å². The lowest BCUT2D eigenvalue weighted by atomic mass is 9.77. The van der Waals surface area contributed by atoms with Crippen LogP contribution < -0.4 is 10.1 Å². The molecule has 1 aliphatic carbocycles. The van der Waals surface area contributed by atoms with Gasteiger partial charge in [0.1, 0.15) is 5.75 Å². The van der Waals surface area contributed by atoms with Gasteiger partial charge < -0.3 is 15.2 Å². The number of hydrogen-bond donors (Lipinski definition) is 2. The smallest absolute Gasteiger partial charge is 0.405 e. The number of ether oxygens (including phenoxy) is 1. The number of nitrogens with one attached hydrogen (secondary N) is 1. The molecule has 0 unspecified atom stereocenters. The van der Waals surface area contributed by atoms with Crippen LogP contribution in [0.1, 0.15) is 38.2 Å². The van der Waals surface area contributed by atoms with Crippen LogP contribution in [0.4, 0.5) is 13.2 Å². The van der Waals surface area contributed by atoms with Crippen molar-refractivity contribution in [1.29, 1.82) is 0 Å². The zero-order valence-electron chi connectivity index (χ0n) is 11.9. The Bertz CT molecular complexity index is 468. The van der Waals surface area contributed by atoms with Crippen molar-refractivity contribution in [2.45, 2.75) is 50.6 Å². The van der Waals surface area contributed by atoms with Gasteiger partial charge in [0.2, 0.25) is 0 Å². The van der Waals surface area contributed by atoms with Crippen molar-refractivity contribution in [2.24, 2.45) is 0 Å². The maximum atomic E-state index is 12.5. The average Bonchev–Trinajstić information content (AvgIpc) is 2.41. The van der Waals surface area contributed by atoms with Gasteiger partial charge in [-0.1, -0.05) is 25.1 Å². The monoisotopic (exact) mass is 303 g/mol. The van der Waals surface area contributed by atoms with E-state index in [1.165, 1.54) is 18.2 Å². The Morgan fingerprint density at radius 2 is 1.90 bits per heavy atom. The molecule has 1 aromatic carbocycles. The fourth-order valence-corrected chi connectivity index (χ4v) is 2.92. The molecule has 0 aliphatic heterocycles. The van der Waals surface area contributed by atoms with Crippen LogP contribution in [0.25, 0.3) is 0 Å². The SMILES string of the molecule is CCNC1CCC(O)(c2ccccc2OC(F)(F)F)CC1. The molecule has 0 spiro atoms. The number of hydrogen-bond acceptors (Lipinski definition) is 3. The van der Waals surface area contributed by atoms with E-state index in [9.17, 15) is 18.3 Å². The second kappa shape index (κ2) is 6.23. The average molecular weight is 303 g/mol. The Balaban J connectivity index is 2.18. The summed E-state index contributed by atoms with van der Waals surface area (Å²) in [5.74, 6) is -0.311. The minimum Gasteiger partial charge on any atom is -0.405 e. The molecule has 0 saturated heterocycles. The van der Waals surface area contributed by atoms with Crippen molar-refractivity contribution < 1.29 is 23.0 Å². The fourth-order valence-electron chi connectivity index (χ4n) is 2.92. The molecule has 21 heavy (non-hydrogen) atoms. The highest BCUT2D eigenvalue weighted by Gasteiger charge is 2.39. The second-order valence-electron chi connectivity index (χ2n) is 5.41. The first-order valence-electron chi connectivity index (χ1n) is 7.15. The van der Waals surface area contributed by atoms with E-state index in [-0.39, 0.29) is 11.3 Å². The molecule has 0 bridgehead atoms. The van der Waals surface area contributed by atoms with E-state index in [0.29, 0.717) is 18.9 Å². The predicted molar refractivity (Wildman–Crippen MR) is 73.0 cm³/mol. The summed E-state index contributed by atoms with van der Waals surface area (Å²) in [6.45, 7) is 2.85. The summed E-state index contributed by atoms with van der Waals surface area (Å²) >= 11 is 0. The van der Waals surface area contributed by atoms with Crippen LogP contribution in [-0.2, 0) is 5.60 Å². The van der Waals surface area contributed by atoms with E-state index >= 15 is 0 Å². The van der Waals surface area contributed by atoms with Crippen molar-refractivity contribution in [2.75, 3.05) is 6.54 Å². The van der Waals surface area contributed by atoms with Crippen LogP contribution in [0.2, 0.25) is 0 Å². The van der Waals surface area contributed by atoms with Gasteiger partial charge in [0.15, 0.2) is 0 Å². The molecule has 2 N–H and O–H groups in total. The van der Waals surface area contributed by atoms with Crippen molar-refractivity contribution in [3.8, 4) is 5.75 Å². The summed E-state index contributed by atoms with van der Waals surface area (Å²) < 4.78 is 41.4. The molecule has 0 amide bonds. The lowest BCUT2D eigenvalue weighted by molar-refractivity contribution is -0.275. The summed E-state index contributed by atoms with van der Waals surface area (Å²) in [4.78, 5) is 0. The van der Waals surface area contributed by atoms with E-state index in [4.69, 9.17) is 0 Å². The number of aliphatic hydroxyl groups is 1. The third-order valence-electron chi connectivity index (χ3n) is 3.92. The van der Waals surface area contributed by atoms with Crippen LogP contribution in [0.15, 0.2) is 24.3 Å². The lowest BCUT2D eigenvalue weighted by Gasteiger charge is -2.37. The molecular formula is C15H20F3NO2. The van der Waals surface area contributed by atoms with Crippen LogP contribution in [-0.4, -0.2) is 24.1 Å². The summed E-state index contributed by atoms with van der Waals surface area (Å²) in [7, 11) is 0. The highest BCUT2D eigenvalue weighted by Crippen LogP contribution is 2.42. The second-order valence-corrected chi connectivity index (χ2v) is 5.41. The Labute approximate surface area is 122 Å². The number of benzene rings is 1. The third kappa shape index (κ3) is 4.11. The molecule has 0 radical (unpaired) electrons. The summed E-state index contributed by atoms with van der Waals surface area (Å²) in [5, 5.41) is 14.0. The summed E-state index contributed by atoms with van der Waals surface area (Å²) in [6.07, 6.45) is -2.46. The molecule has 0 aromatic heterocycles. The Hall–Kier alpha value is -1.27. The molecule has 1 aliphatic rings. The first kappa shape index (κ1) is 16.1. The zero-order chi connectivity index (χ0) is 15.5. The molecule has 1 fully saturated rings. The van der Waals surface area contributed by atoms with Crippen molar-refractivity contribution in [3.63, 3.8) is 0 Å². The van der Waals surface area contributed by atoms with Gasteiger partial charge in [-0.3, -0.25) is 0 Å². The van der Waals surface area contributed by atoms with Crippen LogP contribution in [0.3, 0.4) is 0 Å². The van der Waals surface area contributed by atoms with Gasteiger partial charge in [-0.15, -0.1) is 13.2 Å². The van der Waals surface area contributed by atoms with E-state index in [0.717, 1.165) is 19.4 Å². The van der Waals surface area contributed by atoms with Gasteiger partial charge in [0.05, 0.1) is 5.60 Å². The van der Waals surface area contributed by atoms with Gasteiger partial charge in [-0.25, -0.2) is 0 Å². The van der Waals surface area contributed by atoms with E-state index in [1.807, 2.05) is 6.92 Å². The van der Waals surface area contributed by atoms with Gasteiger partial charge >= 0.3 is 6.36 Å². The molecule has 1 aromatic rings. The fraction of sp³-hybridized carbons (Fsp3) is 0.600. The quantitative estimate of drug-likeness (QED) is 0.896. The molecular weight excluding hydrogens is 283 g/mol. The van der Waals surface area contributed by atoms with Gasteiger partial charge in [0.25, 0.3) is 0 Å². The number of halogens is 3. The first-order chi connectivity index (χ1) is 9.84. The molecule has 118 valence electrons. The predicted octanol–water partition coefficient (Wildman–Crippen LogP) is 3.32. The van der Waals surface area contributed by atoms with Crippen molar-refractivity contribution in [1.82, 2.24) is 5.32 Å². The van der Waals surface area contributed by atoms with E-state index in [1.54, 1.807) is 6.07 Å². The van der Waals surface area contributed by atoms with Gasteiger partial charge in [-0.05, 0) is 38.3 Å². The van der Waals surface area contributed by atoms with Gasteiger partial charge in [-0.2, -0.15) is 0 Å². The van der Waals surface area contributed by atoms with E-state index in [2.05, 4.69) is 10.1 Å². The standard InChI is InChI=1S/C15H20F3NO2/c1-2-19-11-7-9-14(20,10-8-11)12-5-3-4-6-13(12)21-15(16,17)18/h3-6,11,19-20H,2,7-10H2,1H3. The zero-order valence-corrected chi connectivity index (χ0v) is 11.9. The minimum atomic E-state index is -4.76. The number of para-hydroxylation sites is 1. The van der Waals surface area contributed by atoms with Crippen molar-refractivity contribution >= 4 is 0 Å². The summed E-state index contributed by atoms with van der Waals surface area (Å²) in [5.41, 5.74) is -1.04. The molecule has 3 nitrogen and oxygen atoms in total. The first-order valence-corrected chi connectivity index (χ1v) is 7.15. The maximum Gasteiger partial charge on any atom is 0.573 e. The number of rotatable bonds is 4. The molecule has 0 atom stereocenters. The normalized spacial score (nSPS) is 26.6. The topological polar surface area (TPSA) is 41.5 Å². The Morgan fingerprint density at radius 3 is 2.48 bits per heavy atom. The molecule has 1 saturated carbocycles. The largest absolute Gasteiger partial charge is 0.573 e. The Morgan fingerprint density at radius 1 is 1.29 bits per heavy atom.